The zero-order valence-electron chi connectivity index (χ0n) is 14.1. The smallest absolute Gasteiger partial charge is 0.257 e. The fraction of sp³-hybridized carbons (Fsp3) is 0.562. The van der Waals surface area contributed by atoms with Crippen molar-refractivity contribution in [1.29, 1.82) is 0 Å². The van der Waals surface area contributed by atoms with Crippen molar-refractivity contribution in [3.63, 3.8) is 0 Å². The summed E-state index contributed by atoms with van der Waals surface area (Å²) in [5, 5.41) is 7.43. The van der Waals surface area contributed by atoms with Crippen molar-refractivity contribution < 1.29 is 4.79 Å². The van der Waals surface area contributed by atoms with Crippen LogP contribution in [0.25, 0.3) is 0 Å². The monoisotopic (exact) mass is 333 g/mol. The van der Waals surface area contributed by atoms with Crippen molar-refractivity contribution in [2.24, 2.45) is 0 Å². The summed E-state index contributed by atoms with van der Waals surface area (Å²) in [6.45, 7) is 11.3. The van der Waals surface area contributed by atoms with Gasteiger partial charge in [-0.05, 0) is 27.7 Å². The SMILES string of the molecule is Cc1c(C(=O)N2CCN(c3nccs3)CC2)cnn1C(C)(C)C. The topological polar surface area (TPSA) is 54.3 Å². The summed E-state index contributed by atoms with van der Waals surface area (Å²) in [5.41, 5.74) is 1.53. The zero-order valence-corrected chi connectivity index (χ0v) is 14.9. The van der Waals surface area contributed by atoms with Crippen molar-refractivity contribution in [3.05, 3.63) is 29.0 Å². The number of hydrogen-bond acceptors (Lipinski definition) is 5. The lowest BCUT2D eigenvalue weighted by Gasteiger charge is -2.34. The lowest BCUT2D eigenvalue weighted by molar-refractivity contribution is 0.0745. The summed E-state index contributed by atoms with van der Waals surface area (Å²) < 4.78 is 1.92. The van der Waals surface area contributed by atoms with E-state index in [4.69, 9.17) is 0 Å². The molecule has 2 aromatic rings. The lowest BCUT2D eigenvalue weighted by Crippen LogP contribution is -2.48. The van der Waals surface area contributed by atoms with Crippen LogP contribution in [0, 0.1) is 6.92 Å². The third-order valence-electron chi connectivity index (χ3n) is 4.13. The van der Waals surface area contributed by atoms with E-state index >= 15 is 0 Å². The molecule has 1 aliphatic heterocycles. The lowest BCUT2D eigenvalue weighted by atomic mass is 10.1. The predicted octanol–water partition coefficient (Wildman–Crippen LogP) is 2.37. The summed E-state index contributed by atoms with van der Waals surface area (Å²) in [6, 6.07) is 0. The molecule has 0 spiro atoms. The van der Waals surface area contributed by atoms with Crippen LogP contribution >= 0.6 is 11.3 Å². The summed E-state index contributed by atoms with van der Waals surface area (Å²) >= 11 is 1.64. The third kappa shape index (κ3) is 3.10. The maximum atomic E-state index is 12.8. The highest BCUT2D eigenvalue weighted by Crippen LogP contribution is 2.22. The molecule has 0 aliphatic carbocycles. The Morgan fingerprint density at radius 2 is 1.91 bits per heavy atom. The van der Waals surface area contributed by atoms with E-state index in [1.165, 1.54) is 0 Å². The van der Waals surface area contributed by atoms with Crippen LogP contribution in [-0.4, -0.2) is 51.8 Å². The number of carbonyl (C=O) groups is 1. The Morgan fingerprint density at radius 1 is 1.22 bits per heavy atom. The summed E-state index contributed by atoms with van der Waals surface area (Å²) in [4.78, 5) is 21.3. The van der Waals surface area contributed by atoms with Gasteiger partial charge in [0.15, 0.2) is 5.13 Å². The molecule has 0 saturated carbocycles. The molecule has 7 heteroatoms. The Kier molecular flexibility index (Phi) is 4.14. The van der Waals surface area contributed by atoms with Gasteiger partial charge in [0.2, 0.25) is 0 Å². The van der Waals surface area contributed by atoms with E-state index in [1.807, 2.05) is 28.1 Å². The summed E-state index contributed by atoms with van der Waals surface area (Å²) in [5.74, 6) is 0.0804. The summed E-state index contributed by atoms with van der Waals surface area (Å²) in [7, 11) is 0. The Labute approximate surface area is 140 Å². The van der Waals surface area contributed by atoms with Crippen molar-refractivity contribution in [2.75, 3.05) is 31.1 Å². The first kappa shape index (κ1) is 16.0. The van der Waals surface area contributed by atoms with Gasteiger partial charge in [0.05, 0.1) is 17.3 Å². The van der Waals surface area contributed by atoms with E-state index in [-0.39, 0.29) is 11.4 Å². The quantitative estimate of drug-likeness (QED) is 0.847. The molecule has 124 valence electrons. The number of rotatable bonds is 2. The molecule has 6 nitrogen and oxygen atoms in total. The zero-order chi connectivity index (χ0) is 16.6. The minimum atomic E-state index is -0.119. The van der Waals surface area contributed by atoms with Crippen LogP contribution < -0.4 is 4.90 Å². The van der Waals surface area contributed by atoms with Crippen molar-refractivity contribution in [3.8, 4) is 0 Å². The van der Waals surface area contributed by atoms with Crippen molar-refractivity contribution >= 4 is 22.4 Å². The molecule has 0 bridgehead atoms. The second kappa shape index (κ2) is 5.96. The largest absolute Gasteiger partial charge is 0.345 e. The molecule has 0 radical (unpaired) electrons. The van der Waals surface area contributed by atoms with Crippen LogP contribution in [0.15, 0.2) is 17.8 Å². The van der Waals surface area contributed by atoms with Crippen LogP contribution in [0.3, 0.4) is 0 Å². The molecule has 1 amide bonds. The van der Waals surface area contributed by atoms with Gasteiger partial charge in [-0.1, -0.05) is 0 Å². The van der Waals surface area contributed by atoms with E-state index in [0.717, 1.165) is 37.0 Å². The fourth-order valence-corrected chi connectivity index (χ4v) is 3.64. The molecule has 3 rings (SSSR count). The minimum Gasteiger partial charge on any atom is -0.345 e. The molecule has 23 heavy (non-hydrogen) atoms. The molecule has 0 N–H and O–H groups in total. The molecular weight excluding hydrogens is 310 g/mol. The maximum Gasteiger partial charge on any atom is 0.257 e. The van der Waals surface area contributed by atoms with Gasteiger partial charge in [0, 0.05) is 43.4 Å². The van der Waals surface area contributed by atoms with Crippen LogP contribution in [0.4, 0.5) is 5.13 Å². The first-order chi connectivity index (χ1) is 10.9. The second-order valence-corrected chi connectivity index (χ2v) is 7.69. The van der Waals surface area contributed by atoms with Gasteiger partial charge in [-0.3, -0.25) is 9.48 Å². The highest BCUT2D eigenvalue weighted by atomic mass is 32.1. The van der Waals surface area contributed by atoms with E-state index in [9.17, 15) is 4.79 Å². The van der Waals surface area contributed by atoms with Gasteiger partial charge in [-0.25, -0.2) is 4.98 Å². The number of amides is 1. The molecule has 1 fully saturated rings. The Bertz CT molecular complexity index is 678. The highest BCUT2D eigenvalue weighted by Gasteiger charge is 2.27. The van der Waals surface area contributed by atoms with E-state index < -0.39 is 0 Å². The Hall–Kier alpha value is -1.89. The van der Waals surface area contributed by atoms with Gasteiger partial charge in [0.1, 0.15) is 0 Å². The standard InChI is InChI=1S/C16H23N5OS/c1-12-13(11-18-21(12)16(2,3)4)14(22)19-6-8-20(9-7-19)15-17-5-10-23-15/h5,10-11H,6-9H2,1-4H3. The number of piperazine rings is 1. The van der Waals surface area contributed by atoms with E-state index in [0.29, 0.717) is 5.56 Å². The first-order valence-electron chi connectivity index (χ1n) is 7.87. The van der Waals surface area contributed by atoms with Gasteiger partial charge >= 0.3 is 0 Å². The van der Waals surface area contributed by atoms with Crippen LogP contribution in [0.5, 0.6) is 0 Å². The average molecular weight is 333 g/mol. The molecule has 1 aliphatic rings. The van der Waals surface area contributed by atoms with Gasteiger partial charge in [-0.2, -0.15) is 5.10 Å². The molecular formula is C16H23N5OS. The number of aromatic nitrogens is 3. The summed E-state index contributed by atoms with van der Waals surface area (Å²) in [6.07, 6.45) is 3.53. The third-order valence-corrected chi connectivity index (χ3v) is 4.96. The number of thiazole rings is 1. The first-order valence-corrected chi connectivity index (χ1v) is 8.74. The Morgan fingerprint density at radius 3 is 2.43 bits per heavy atom. The second-order valence-electron chi connectivity index (χ2n) is 6.82. The number of nitrogens with zero attached hydrogens (tertiary/aromatic N) is 5. The number of anilines is 1. The molecule has 2 aromatic heterocycles. The van der Waals surface area contributed by atoms with Crippen LogP contribution in [0.2, 0.25) is 0 Å². The number of carbonyl (C=O) groups excluding carboxylic acids is 1. The molecule has 0 aromatic carbocycles. The maximum absolute atomic E-state index is 12.8. The van der Waals surface area contributed by atoms with Crippen molar-refractivity contribution in [2.45, 2.75) is 33.2 Å². The molecule has 0 atom stereocenters. The molecule has 1 saturated heterocycles. The van der Waals surface area contributed by atoms with Gasteiger partial charge < -0.3 is 9.80 Å². The number of hydrogen-bond donors (Lipinski definition) is 0. The van der Waals surface area contributed by atoms with Crippen LogP contribution in [-0.2, 0) is 5.54 Å². The van der Waals surface area contributed by atoms with Crippen molar-refractivity contribution in [1.82, 2.24) is 19.7 Å². The molecule has 3 heterocycles. The molecule has 0 unspecified atom stereocenters. The Balaban J connectivity index is 1.69. The average Bonchev–Trinajstić information content (AvgIpc) is 3.15. The van der Waals surface area contributed by atoms with Gasteiger partial charge in [0.25, 0.3) is 5.91 Å². The van der Waals surface area contributed by atoms with E-state index in [1.54, 1.807) is 17.5 Å². The van der Waals surface area contributed by atoms with Gasteiger partial charge in [-0.15, -0.1) is 11.3 Å². The minimum absolute atomic E-state index is 0.0804. The predicted molar refractivity (Wildman–Crippen MR) is 92.2 cm³/mol. The fourth-order valence-electron chi connectivity index (χ4n) is 2.94. The van der Waals surface area contributed by atoms with Crippen LogP contribution in [0.1, 0.15) is 36.8 Å². The van der Waals surface area contributed by atoms with E-state index in [2.05, 4.69) is 35.8 Å². The normalized spacial score (nSPS) is 16.0. The highest BCUT2D eigenvalue weighted by molar-refractivity contribution is 7.13.